The number of hydrogen-bond donors (Lipinski definition) is 1. The van der Waals surface area contributed by atoms with Crippen LogP contribution < -0.4 is 10.1 Å². The van der Waals surface area contributed by atoms with E-state index in [0.717, 1.165) is 19.0 Å². The molecule has 0 heterocycles. The van der Waals surface area contributed by atoms with Crippen LogP contribution in [0.25, 0.3) is 0 Å². The van der Waals surface area contributed by atoms with E-state index in [2.05, 4.69) is 19.2 Å². The summed E-state index contributed by atoms with van der Waals surface area (Å²) in [4.78, 5) is 10.3. The zero-order valence-electron chi connectivity index (χ0n) is 11.9. The van der Waals surface area contributed by atoms with Crippen LogP contribution in [0.2, 0.25) is 0 Å². The molecule has 20 heavy (non-hydrogen) atoms. The van der Waals surface area contributed by atoms with E-state index in [9.17, 15) is 14.5 Å². The number of nitrogens with one attached hydrogen (secondary N) is 1. The minimum Gasteiger partial charge on any atom is -0.483 e. The second-order valence-corrected chi connectivity index (χ2v) is 5.64. The highest BCUT2D eigenvalue weighted by molar-refractivity contribution is 5.46. The van der Waals surface area contributed by atoms with Gasteiger partial charge in [0.05, 0.1) is 11.0 Å². The molecule has 1 N–H and O–H groups in total. The highest BCUT2D eigenvalue weighted by Gasteiger charge is 2.50. The van der Waals surface area contributed by atoms with Crippen molar-refractivity contribution in [1.29, 1.82) is 0 Å². The number of halogens is 1. The lowest BCUT2D eigenvalue weighted by atomic mass is 9.64. The summed E-state index contributed by atoms with van der Waals surface area (Å²) in [6.07, 6.45) is 0.672. The van der Waals surface area contributed by atoms with E-state index in [0.29, 0.717) is 6.04 Å². The van der Waals surface area contributed by atoms with Gasteiger partial charge >= 0.3 is 5.69 Å². The molecule has 2 rings (SSSR count). The molecule has 2 unspecified atom stereocenters. The molecule has 0 radical (unpaired) electrons. The molecule has 1 fully saturated rings. The van der Waals surface area contributed by atoms with Crippen LogP contribution in [0.1, 0.15) is 27.2 Å². The molecule has 0 spiro atoms. The number of nitro benzene ring substituents is 1. The normalized spacial score (nSPS) is 24.0. The van der Waals surface area contributed by atoms with Crippen LogP contribution in [0.15, 0.2) is 18.2 Å². The molecule has 0 amide bonds. The largest absolute Gasteiger partial charge is 0.483 e. The standard InChI is InChI=1S/C14H19FN2O3/c1-4-16-12-8-13(14(12,2)3)20-11-6-5-9(15)7-10(11)17(18)19/h5-7,12-13,16H,4,8H2,1-3H3. The van der Waals surface area contributed by atoms with E-state index in [1.54, 1.807) is 0 Å². The molecular formula is C14H19FN2O3. The first-order valence-electron chi connectivity index (χ1n) is 6.70. The molecule has 0 bridgehead atoms. The van der Waals surface area contributed by atoms with Gasteiger partial charge in [0.2, 0.25) is 0 Å². The summed E-state index contributed by atoms with van der Waals surface area (Å²) in [6, 6.07) is 3.72. The average molecular weight is 282 g/mol. The van der Waals surface area contributed by atoms with Crippen LogP contribution in [-0.4, -0.2) is 23.6 Å². The van der Waals surface area contributed by atoms with Crippen molar-refractivity contribution in [1.82, 2.24) is 5.32 Å². The van der Waals surface area contributed by atoms with E-state index < -0.39 is 10.7 Å². The Morgan fingerprint density at radius 3 is 2.80 bits per heavy atom. The third-order valence-electron chi connectivity index (χ3n) is 4.02. The molecule has 2 atom stereocenters. The fraction of sp³-hybridized carbons (Fsp3) is 0.571. The Labute approximate surface area is 117 Å². The van der Waals surface area contributed by atoms with Gasteiger partial charge in [-0.1, -0.05) is 20.8 Å². The molecule has 0 aromatic heterocycles. The van der Waals surface area contributed by atoms with Gasteiger partial charge in [0, 0.05) is 17.9 Å². The molecule has 1 aromatic rings. The van der Waals surface area contributed by atoms with Gasteiger partial charge in [0.1, 0.15) is 11.9 Å². The third-order valence-corrected chi connectivity index (χ3v) is 4.02. The number of ether oxygens (including phenoxy) is 1. The zero-order valence-corrected chi connectivity index (χ0v) is 11.9. The number of nitrogens with zero attached hydrogens (tertiary/aromatic N) is 1. The monoisotopic (exact) mass is 282 g/mol. The first-order valence-corrected chi connectivity index (χ1v) is 6.70. The van der Waals surface area contributed by atoms with Crippen LogP contribution >= 0.6 is 0 Å². The van der Waals surface area contributed by atoms with Crippen molar-refractivity contribution in [3.05, 3.63) is 34.1 Å². The van der Waals surface area contributed by atoms with Crippen molar-refractivity contribution in [2.75, 3.05) is 6.54 Å². The first kappa shape index (κ1) is 14.7. The lowest BCUT2D eigenvalue weighted by molar-refractivity contribution is -0.386. The maximum atomic E-state index is 13.1. The molecule has 0 aliphatic heterocycles. The molecule has 0 saturated heterocycles. The maximum Gasteiger partial charge on any atom is 0.313 e. The Bertz CT molecular complexity index is 519. The Balaban J connectivity index is 2.14. The molecule has 1 saturated carbocycles. The van der Waals surface area contributed by atoms with Crippen molar-refractivity contribution < 1.29 is 14.1 Å². The molecule has 6 heteroatoms. The number of benzene rings is 1. The van der Waals surface area contributed by atoms with Gasteiger partial charge in [-0.25, -0.2) is 4.39 Å². The Morgan fingerprint density at radius 1 is 1.55 bits per heavy atom. The van der Waals surface area contributed by atoms with Gasteiger partial charge in [0.25, 0.3) is 0 Å². The Kier molecular flexibility index (Phi) is 3.94. The van der Waals surface area contributed by atoms with E-state index in [1.807, 2.05) is 6.92 Å². The highest BCUT2D eigenvalue weighted by atomic mass is 19.1. The zero-order chi connectivity index (χ0) is 14.9. The number of rotatable bonds is 5. The Hall–Kier alpha value is -1.69. The number of hydrogen-bond acceptors (Lipinski definition) is 4. The van der Waals surface area contributed by atoms with Crippen molar-refractivity contribution in [2.45, 2.75) is 39.3 Å². The predicted octanol–water partition coefficient (Wildman–Crippen LogP) is 2.89. The van der Waals surface area contributed by atoms with E-state index in [1.165, 1.54) is 12.1 Å². The Morgan fingerprint density at radius 2 is 2.25 bits per heavy atom. The molecular weight excluding hydrogens is 263 g/mol. The summed E-state index contributed by atoms with van der Waals surface area (Å²) in [5.74, 6) is -0.508. The van der Waals surface area contributed by atoms with Crippen LogP contribution in [0.4, 0.5) is 10.1 Å². The van der Waals surface area contributed by atoms with Gasteiger partial charge in [-0.3, -0.25) is 10.1 Å². The van der Waals surface area contributed by atoms with Crippen molar-refractivity contribution in [2.24, 2.45) is 5.41 Å². The molecule has 1 aliphatic rings. The van der Waals surface area contributed by atoms with Gasteiger partial charge in [-0.2, -0.15) is 0 Å². The quantitative estimate of drug-likeness (QED) is 0.666. The minimum atomic E-state index is -0.637. The summed E-state index contributed by atoms with van der Waals surface area (Å²) in [5.41, 5.74) is -0.439. The van der Waals surface area contributed by atoms with E-state index >= 15 is 0 Å². The highest BCUT2D eigenvalue weighted by Crippen LogP contribution is 2.44. The van der Waals surface area contributed by atoms with Gasteiger partial charge in [0.15, 0.2) is 5.75 Å². The SMILES string of the molecule is CCNC1CC(Oc2ccc(F)cc2[N+](=O)[O-])C1(C)C. The summed E-state index contributed by atoms with van der Waals surface area (Å²) >= 11 is 0. The minimum absolute atomic E-state index is 0.113. The van der Waals surface area contributed by atoms with Crippen molar-refractivity contribution >= 4 is 5.69 Å². The van der Waals surface area contributed by atoms with E-state index in [-0.39, 0.29) is 23.0 Å². The van der Waals surface area contributed by atoms with Crippen LogP contribution in [-0.2, 0) is 0 Å². The fourth-order valence-corrected chi connectivity index (χ4v) is 2.56. The van der Waals surface area contributed by atoms with Crippen LogP contribution in [0, 0.1) is 21.3 Å². The van der Waals surface area contributed by atoms with Crippen LogP contribution in [0.3, 0.4) is 0 Å². The second-order valence-electron chi connectivity index (χ2n) is 5.64. The van der Waals surface area contributed by atoms with Crippen molar-refractivity contribution in [3.63, 3.8) is 0 Å². The van der Waals surface area contributed by atoms with E-state index in [4.69, 9.17) is 4.74 Å². The van der Waals surface area contributed by atoms with Gasteiger partial charge in [-0.05, 0) is 18.7 Å². The molecule has 1 aliphatic carbocycles. The summed E-state index contributed by atoms with van der Waals surface area (Å²) in [6.45, 7) is 7.03. The van der Waals surface area contributed by atoms with Gasteiger partial charge in [-0.15, -0.1) is 0 Å². The fourth-order valence-electron chi connectivity index (χ4n) is 2.56. The topological polar surface area (TPSA) is 64.4 Å². The summed E-state index contributed by atoms with van der Waals surface area (Å²) in [5, 5.41) is 14.3. The predicted molar refractivity (Wildman–Crippen MR) is 73.3 cm³/mol. The second kappa shape index (κ2) is 5.36. The van der Waals surface area contributed by atoms with Crippen molar-refractivity contribution in [3.8, 4) is 5.75 Å². The molecule has 110 valence electrons. The lowest BCUT2D eigenvalue weighted by Gasteiger charge is -2.51. The smallest absolute Gasteiger partial charge is 0.313 e. The maximum absolute atomic E-state index is 13.1. The van der Waals surface area contributed by atoms with Gasteiger partial charge < -0.3 is 10.1 Å². The average Bonchev–Trinajstić information content (AvgIpc) is 2.39. The molecule has 1 aromatic carbocycles. The summed E-state index contributed by atoms with van der Waals surface area (Å²) in [7, 11) is 0. The lowest BCUT2D eigenvalue weighted by Crippen LogP contribution is -2.62. The third kappa shape index (κ3) is 2.60. The van der Waals surface area contributed by atoms with Crippen LogP contribution in [0.5, 0.6) is 5.75 Å². The first-order chi connectivity index (χ1) is 9.36. The number of nitro groups is 1. The summed E-state index contributed by atoms with van der Waals surface area (Å²) < 4.78 is 18.8. The molecule has 5 nitrogen and oxygen atoms in total.